The van der Waals surface area contributed by atoms with E-state index >= 15 is 0 Å². The van der Waals surface area contributed by atoms with E-state index < -0.39 is 10.0 Å². The molecule has 0 aliphatic carbocycles. The Labute approximate surface area is 156 Å². The van der Waals surface area contributed by atoms with E-state index in [2.05, 4.69) is 20.9 Å². The third-order valence-corrected chi connectivity index (χ3v) is 5.15. The lowest BCUT2D eigenvalue weighted by molar-refractivity contribution is -0.121. The Morgan fingerprint density at radius 1 is 1.12 bits per heavy atom. The minimum Gasteiger partial charge on any atom is -0.352 e. The molecule has 0 atom stereocenters. The van der Waals surface area contributed by atoms with Crippen molar-refractivity contribution in [3.05, 3.63) is 29.8 Å². The molecule has 0 saturated heterocycles. The number of rotatable bonds is 6. The standard InChI is InChI=1S/C17H29N5O3S/c1-17(2,3)21-15(23)12-20-16(18-4)19-11-13-7-9-14(10-8-13)26(24,25)22(5)6/h7-10H,11-12H2,1-6H3,(H,21,23)(H2,18,19,20). The molecule has 26 heavy (non-hydrogen) atoms. The fraction of sp³-hybridized carbons (Fsp3) is 0.529. The Hall–Kier alpha value is -2.13. The molecule has 0 aliphatic heterocycles. The summed E-state index contributed by atoms with van der Waals surface area (Å²) >= 11 is 0. The second-order valence-corrected chi connectivity index (χ2v) is 9.16. The number of hydrogen-bond acceptors (Lipinski definition) is 4. The third kappa shape index (κ3) is 7.01. The molecule has 0 unspecified atom stereocenters. The van der Waals surface area contributed by atoms with Gasteiger partial charge in [-0.15, -0.1) is 0 Å². The van der Waals surface area contributed by atoms with Gasteiger partial charge in [0.05, 0.1) is 11.4 Å². The highest BCUT2D eigenvalue weighted by atomic mass is 32.2. The number of carbonyl (C=O) groups excluding carboxylic acids is 1. The number of carbonyl (C=O) groups is 1. The molecule has 1 aromatic carbocycles. The van der Waals surface area contributed by atoms with E-state index in [0.29, 0.717) is 12.5 Å². The van der Waals surface area contributed by atoms with Crippen LogP contribution in [0.25, 0.3) is 0 Å². The zero-order valence-electron chi connectivity index (χ0n) is 16.3. The molecule has 0 heterocycles. The van der Waals surface area contributed by atoms with Crippen LogP contribution in [0.2, 0.25) is 0 Å². The SMILES string of the molecule is CN=C(NCC(=O)NC(C)(C)C)NCc1ccc(S(=O)(=O)N(C)C)cc1. The van der Waals surface area contributed by atoms with Crippen LogP contribution in [0, 0.1) is 0 Å². The van der Waals surface area contributed by atoms with Crippen LogP contribution in [0.15, 0.2) is 34.2 Å². The number of hydrogen-bond donors (Lipinski definition) is 3. The molecule has 0 aliphatic rings. The Morgan fingerprint density at radius 3 is 2.15 bits per heavy atom. The van der Waals surface area contributed by atoms with Crippen LogP contribution in [0.5, 0.6) is 0 Å². The molecule has 1 amide bonds. The number of benzene rings is 1. The number of aliphatic imine (C=N–C) groups is 1. The number of guanidine groups is 1. The average molecular weight is 384 g/mol. The van der Waals surface area contributed by atoms with Crippen LogP contribution < -0.4 is 16.0 Å². The molecule has 3 N–H and O–H groups in total. The topological polar surface area (TPSA) is 103 Å². The second-order valence-electron chi connectivity index (χ2n) is 7.01. The predicted molar refractivity (Wildman–Crippen MR) is 103 cm³/mol. The highest BCUT2D eigenvalue weighted by molar-refractivity contribution is 7.89. The van der Waals surface area contributed by atoms with Crippen molar-refractivity contribution in [2.75, 3.05) is 27.7 Å². The number of sulfonamides is 1. The molecular formula is C17H29N5O3S. The van der Waals surface area contributed by atoms with Gasteiger partial charge >= 0.3 is 0 Å². The fourth-order valence-corrected chi connectivity index (χ4v) is 2.92. The zero-order chi connectivity index (χ0) is 20.0. The van der Waals surface area contributed by atoms with Gasteiger partial charge in [0.25, 0.3) is 0 Å². The monoisotopic (exact) mass is 383 g/mol. The van der Waals surface area contributed by atoms with E-state index in [1.54, 1.807) is 31.3 Å². The first-order valence-corrected chi connectivity index (χ1v) is 9.67. The van der Waals surface area contributed by atoms with Gasteiger partial charge in [-0.25, -0.2) is 12.7 Å². The minimum atomic E-state index is -3.43. The van der Waals surface area contributed by atoms with E-state index in [1.807, 2.05) is 20.8 Å². The van der Waals surface area contributed by atoms with E-state index in [1.165, 1.54) is 18.4 Å². The zero-order valence-corrected chi connectivity index (χ0v) is 17.1. The van der Waals surface area contributed by atoms with Crippen LogP contribution in [0.3, 0.4) is 0 Å². The van der Waals surface area contributed by atoms with E-state index in [0.717, 1.165) is 5.56 Å². The van der Waals surface area contributed by atoms with E-state index in [4.69, 9.17) is 0 Å². The molecule has 1 aromatic rings. The van der Waals surface area contributed by atoms with Crippen molar-refractivity contribution in [3.8, 4) is 0 Å². The predicted octanol–water partition coefficient (Wildman–Crippen LogP) is 0.517. The number of nitrogens with one attached hydrogen (secondary N) is 3. The van der Waals surface area contributed by atoms with Crippen LogP contribution in [0.4, 0.5) is 0 Å². The summed E-state index contributed by atoms with van der Waals surface area (Å²) in [4.78, 5) is 16.1. The van der Waals surface area contributed by atoms with Gasteiger partial charge in [-0.2, -0.15) is 0 Å². The molecule has 0 aromatic heterocycles. The van der Waals surface area contributed by atoms with Crippen molar-refractivity contribution in [3.63, 3.8) is 0 Å². The van der Waals surface area contributed by atoms with Gasteiger partial charge in [0.1, 0.15) is 0 Å². The molecule has 9 heteroatoms. The highest BCUT2D eigenvalue weighted by Crippen LogP contribution is 2.13. The van der Waals surface area contributed by atoms with E-state index in [-0.39, 0.29) is 22.9 Å². The second kappa shape index (κ2) is 9.00. The van der Waals surface area contributed by atoms with Crippen LogP contribution in [-0.2, 0) is 21.4 Å². The molecule has 0 bridgehead atoms. The lowest BCUT2D eigenvalue weighted by Crippen LogP contribution is -2.48. The van der Waals surface area contributed by atoms with Gasteiger partial charge in [-0.1, -0.05) is 12.1 Å². The molecule has 1 rings (SSSR count). The first-order valence-electron chi connectivity index (χ1n) is 8.22. The Morgan fingerprint density at radius 2 is 1.69 bits per heavy atom. The van der Waals surface area contributed by atoms with Gasteiger partial charge in [0, 0.05) is 33.2 Å². The summed E-state index contributed by atoms with van der Waals surface area (Å²) in [6.45, 7) is 6.30. The van der Waals surface area contributed by atoms with Crippen molar-refractivity contribution in [1.29, 1.82) is 0 Å². The van der Waals surface area contributed by atoms with Crippen molar-refractivity contribution in [1.82, 2.24) is 20.3 Å². The summed E-state index contributed by atoms with van der Waals surface area (Å²) in [5, 5.41) is 8.88. The number of nitrogens with zero attached hydrogens (tertiary/aromatic N) is 2. The maximum Gasteiger partial charge on any atom is 0.242 e. The third-order valence-electron chi connectivity index (χ3n) is 3.32. The molecular weight excluding hydrogens is 354 g/mol. The average Bonchev–Trinajstić information content (AvgIpc) is 2.53. The summed E-state index contributed by atoms with van der Waals surface area (Å²) in [7, 11) is 1.18. The maximum absolute atomic E-state index is 12.0. The molecule has 0 radical (unpaired) electrons. The Balaban J connectivity index is 2.58. The summed E-state index contributed by atoms with van der Waals surface area (Å²) in [5.74, 6) is 0.359. The summed E-state index contributed by atoms with van der Waals surface area (Å²) < 4.78 is 25.3. The molecule has 8 nitrogen and oxygen atoms in total. The smallest absolute Gasteiger partial charge is 0.242 e. The summed E-state index contributed by atoms with van der Waals surface area (Å²) in [6, 6.07) is 6.62. The van der Waals surface area contributed by atoms with Crippen molar-refractivity contribution in [2.24, 2.45) is 4.99 Å². The largest absolute Gasteiger partial charge is 0.352 e. The minimum absolute atomic E-state index is 0.108. The molecule has 0 saturated carbocycles. The van der Waals surface area contributed by atoms with Gasteiger partial charge in [-0.3, -0.25) is 9.79 Å². The van der Waals surface area contributed by atoms with Crippen LogP contribution >= 0.6 is 0 Å². The lowest BCUT2D eigenvalue weighted by atomic mass is 10.1. The van der Waals surface area contributed by atoms with Gasteiger partial charge in [0.15, 0.2) is 5.96 Å². The molecule has 0 spiro atoms. The van der Waals surface area contributed by atoms with E-state index in [9.17, 15) is 13.2 Å². The van der Waals surface area contributed by atoms with Gasteiger partial charge in [0.2, 0.25) is 15.9 Å². The quantitative estimate of drug-likeness (QED) is 0.491. The number of amides is 1. The summed E-state index contributed by atoms with van der Waals surface area (Å²) in [5.41, 5.74) is 0.606. The van der Waals surface area contributed by atoms with Crippen molar-refractivity contribution >= 4 is 21.9 Å². The molecule has 0 fully saturated rings. The fourth-order valence-electron chi connectivity index (χ4n) is 2.02. The maximum atomic E-state index is 12.0. The van der Waals surface area contributed by atoms with Gasteiger partial charge in [-0.05, 0) is 38.5 Å². The highest BCUT2D eigenvalue weighted by Gasteiger charge is 2.16. The molecule has 146 valence electrons. The van der Waals surface area contributed by atoms with Crippen molar-refractivity contribution in [2.45, 2.75) is 37.8 Å². The first-order chi connectivity index (χ1) is 12.0. The van der Waals surface area contributed by atoms with Crippen molar-refractivity contribution < 1.29 is 13.2 Å². The first kappa shape index (κ1) is 21.9. The Kier molecular flexibility index (Phi) is 7.58. The lowest BCUT2D eigenvalue weighted by Gasteiger charge is -2.21. The normalized spacial score (nSPS) is 12.8. The van der Waals surface area contributed by atoms with Crippen LogP contribution in [0.1, 0.15) is 26.3 Å². The van der Waals surface area contributed by atoms with Gasteiger partial charge < -0.3 is 16.0 Å². The Bertz CT molecular complexity index is 735. The summed E-state index contributed by atoms with van der Waals surface area (Å²) in [6.07, 6.45) is 0. The van der Waals surface area contributed by atoms with Crippen LogP contribution in [-0.4, -0.2) is 57.8 Å².